The lowest BCUT2D eigenvalue weighted by Crippen LogP contribution is -2.55. The molecule has 268 valence electrons. The highest BCUT2D eigenvalue weighted by Crippen LogP contribution is 2.20. The quantitative estimate of drug-likeness (QED) is 0.106. The van der Waals surface area contributed by atoms with Crippen LogP contribution in [0, 0.1) is 5.92 Å². The predicted molar refractivity (Wildman–Crippen MR) is 197 cm³/mol. The van der Waals surface area contributed by atoms with E-state index >= 15 is 0 Å². The number of hydrogen-bond acceptors (Lipinski definition) is 9. The lowest BCUT2D eigenvalue weighted by molar-refractivity contribution is -0.124. The summed E-state index contributed by atoms with van der Waals surface area (Å²) in [5.41, 5.74) is 4.35. The molecule has 50 heavy (non-hydrogen) atoms. The number of carbonyl (C=O) groups excluding carboxylic acids is 3. The van der Waals surface area contributed by atoms with Gasteiger partial charge in [-0.15, -0.1) is 22.7 Å². The lowest BCUT2D eigenvalue weighted by Gasteiger charge is -2.30. The molecule has 11 nitrogen and oxygen atoms in total. The highest BCUT2D eigenvalue weighted by atomic mass is 32.1. The summed E-state index contributed by atoms with van der Waals surface area (Å²) in [5.74, 6) is -0.277. The molecule has 4 amide bonds. The third kappa shape index (κ3) is 12.2. The van der Waals surface area contributed by atoms with Crippen LogP contribution in [-0.2, 0) is 35.5 Å². The molecule has 0 radical (unpaired) electrons. The number of rotatable bonds is 17. The van der Waals surface area contributed by atoms with Gasteiger partial charge in [-0.2, -0.15) is 0 Å². The van der Waals surface area contributed by atoms with Crippen LogP contribution >= 0.6 is 22.7 Å². The Labute approximate surface area is 302 Å². The largest absolute Gasteiger partial charge is 0.444 e. The van der Waals surface area contributed by atoms with Crippen molar-refractivity contribution in [3.63, 3.8) is 0 Å². The second-order valence-electron chi connectivity index (χ2n) is 13.0. The maximum atomic E-state index is 13.9. The number of ether oxygens (including phenoxy) is 1. The van der Waals surface area contributed by atoms with E-state index in [4.69, 9.17) is 4.74 Å². The molecule has 0 aliphatic carbocycles. The number of nitrogens with one attached hydrogen (secondary N) is 3. The summed E-state index contributed by atoms with van der Waals surface area (Å²) in [6, 6.07) is 16.8. The summed E-state index contributed by atoms with van der Waals surface area (Å²) in [6.07, 6.45) is 0.836. The summed E-state index contributed by atoms with van der Waals surface area (Å²) in [5, 5.41) is 23.5. The van der Waals surface area contributed by atoms with Gasteiger partial charge in [0, 0.05) is 30.6 Å². The normalized spacial score (nSPS) is 13.7. The van der Waals surface area contributed by atoms with Crippen molar-refractivity contribution in [2.24, 2.45) is 5.92 Å². The number of nitrogens with zero attached hydrogens (tertiary/aromatic N) is 3. The Morgan fingerprint density at radius 3 is 2.14 bits per heavy atom. The number of aliphatic hydroxyl groups excluding tert-OH is 1. The van der Waals surface area contributed by atoms with Gasteiger partial charge in [0.15, 0.2) is 0 Å². The molecule has 0 fully saturated rings. The molecule has 0 saturated heterocycles. The minimum absolute atomic E-state index is 0.0671. The van der Waals surface area contributed by atoms with Crippen molar-refractivity contribution in [3.05, 3.63) is 104 Å². The first kappa shape index (κ1) is 38.5. The number of hydrogen-bond donors (Lipinski definition) is 4. The Morgan fingerprint density at radius 1 is 0.900 bits per heavy atom. The zero-order valence-corrected chi connectivity index (χ0v) is 30.9. The molecule has 0 aliphatic heterocycles. The van der Waals surface area contributed by atoms with E-state index in [1.807, 2.05) is 79.9 Å². The number of alkyl carbamates (subject to hydrolysis) is 1. The summed E-state index contributed by atoms with van der Waals surface area (Å²) in [4.78, 5) is 51.0. The number of aliphatic hydroxyl groups is 1. The Bertz CT molecular complexity index is 1620. The van der Waals surface area contributed by atoms with Crippen molar-refractivity contribution in [3.8, 4) is 0 Å². The second-order valence-corrected chi connectivity index (χ2v) is 14.9. The average molecular weight is 721 g/mol. The molecule has 0 unspecified atom stereocenters. The standard InChI is InChI=1S/C37H48N6O5S2/c1-24(2)33(42-36(46)43(5)20-29-22-49-35(40-29)25(3)4)34(45)39-28(16-26-12-8-6-9-13-26)18-32(44)31(17-27-14-10-7-11-15-27)41-37(47)48-21-30-19-38-23-50-30/h6-15,19,22-25,28,31-33,44H,16-18,20-21H2,1-5H3,(H,39,45)(H,41,47)(H,42,46)/t28-,31-,32-,33+/m1/s1. The first-order chi connectivity index (χ1) is 24.0. The van der Waals surface area contributed by atoms with E-state index < -0.39 is 30.3 Å². The van der Waals surface area contributed by atoms with Crippen molar-refractivity contribution < 1.29 is 24.2 Å². The molecule has 0 bridgehead atoms. The molecule has 4 N–H and O–H groups in total. The fraction of sp³-hybridized carbons (Fsp3) is 0.432. The van der Waals surface area contributed by atoms with Crippen LogP contribution in [0.15, 0.2) is 77.8 Å². The predicted octanol–water partition coefficient (Wildman–Crippen LogP) is 5.91. The molecule has 0 saturated carbocycles. The van der Waals surface area contributed by atoms with Crippen LogP contribution in [0.3, 0.4) is 0 Å². The third-order valence-corrected chi connectivity index (χ3v) is 10.1. The van der Waals surface area contributed by atoms with Crippen LogP contribution < -0.4 is 16.0 Å². The summed E-state index contributed by atoms with van der Waals surface area (Å²) in [7, 11) is 1.68. The molecule has 4 aromatic rings. The van der Waals surface area contributed by atoms with Gasteiger partial charge in [-0.1, -0.05) is 88.4 Å². The van der Waals surface area contributed by atoms with Gasteiger partial charge in [0.25, 0.3) is 0 Å². The minimum Gasteiger partial charge on any atom is -0.444 e. The van der Waals surface area contributed by atoms with Gasteiger partial charge in [0.1, 0.15) is 12.6 Å². The van der Waals surface area contributed by atoms with E-state index in [0.717, 1.165) is 26.7 Å². The number of aromatic nitrogens is 2. The van der Waals surface area contributed by atoms with Crippen molar-refractivity contribution >= 4 is 40.7 Å². The lowest BCUT2D eigenvalue weighted by atomic mass is 9.93. The van der Waals surface area contributed by atoms with Gasteiger partial charge < -0.3 is 30.7 Å². The molecule has 2 aromatic heterocycles. The topological polar surface area (TPSA) is 146 Å². The number of amides is 4. The van der Waals surface area contributed by atoms with Crippen molar-refractivity contribution in [1.82, 2.24) is 30.8 Å². The van der Waals surface area contributed by atoms with Crippen LogP contribution in [0.25, 0.3) is 0 Å². The molecule has 2 aromatic carbocycles. The first-order valence-electron chi connectivity index (χ1n) is 16.8. The molecule has 0 aliphatic rings. The Morgan fingerprint density at radius 2 is 1.56 bits per heavy atom. The van der Waals surface area contributed by atoms with Crippen molar-refractivity contribution in [2.45, 2.75) is 90.3 Å². The fourth-order valence-corrected chi connectivity index (χ4v) is 6.72. The highest BCUT2D eigenvalue weighted by Gasteiger charge is 2.31. The van der Waals surface area contributed by atoms with Gasteiger partial charge in [-0.25, -0.2) is 14.6 Å². The van der Waals surface area contributed by atoms with E-state index in [2.05, 4.69) is 39.8 Å². The zero-order valence-electron chi connectivity index (χ0n) is 29.2. The minimum atomic E-state index is -1.05. The fourth-order valence-electron chi connectivity index (χ4n) is 5.39. The van der Waals surface area contributed by atoms with E-state index in [9.17, 15) is 19.5 Å². The molecule has 4 atom stereocenters. The molecule has 0 spiro atoms. The van der Waals surface area contributed by atoms with Gasteiger partial charge in [-0.3, -0.25) is 9.78 Å². The summed E-state index contributed by atoms with van der Waals surface area (Å²) < 4.78 is 5.42. The summed E-state index contributed by atoms with van der Waals surface area (Å²) >= 11 is 2.95. The van der Waals surface area contributed by atoms with Crippen LogP contribution in [0.4, 0.5) is 9.59 Å². The van der Waals surface area contributed by atoms with Crippen LogP contribution in [0.1, 0.15) is 66.7 Å². The molecule has 4 rings (SSSR count). The number of carbonyl (C=O) groups is 3. The Hall–Kier alpha value is -4.33. The van der Waals surface area contributed by atoms with E-state index in [1.54, 1.807) is 30.1 Å². The van der Waals surface area contributed by atoms with Crippen LogP contribution in [-0.4, -0.2) is 69.3 Å². The Kier molecular flexibility index (Phi) is 14.7. The molecule has 13 heteroatoms. The number of thiazole rings is 2. The number of benzene rings is 2. The molecule has 2 heterocycles. The van der Waals surface area contributed by atoms with Gasteiger partial charge in [0.2, 0.25) is 5.91 Å². The van der Waals surface area contributed by atoms with Crippen molar-refractivity contribution in [1.29, 1.82) is 0 Å². The van der Waals surface area contributed by atoms with E-state index in [-0.39, 0.29) is 30.9 Å². The van der Waals surface area contributed by atoms with E-state index in [1.165, 1.54) is 16.2 Å². The zero-order chi connectivity index (χ0) is 36.0. The monoisotopic (exact) mass is 720 g/mol. The van der Waals surface area contributed by atoms with Crippen LogP contribution in [0.5, 0.6) is 0 Å². The average Bonchev–Trinajstić information content (AvgIpc) is 3.79. The van der Waals surface area contributed by atoms with Crippen LogP contribution in [0.2, 0.25) is 0 Å². The highest BCUT2D eigenvalue weighted by molar-refractivity contribution is 7.09. The smallest absolute Gasteiger partial charge is 0.407 e. The molecular weight excluding hydrogens is 673 g/mol. The summed E-state index contributed by atoms with van der Waals surface area (Å²) in [6.45, 7) is 8.28. The van der Waals surface area contributed by atoms with Gasteiger partial charge in [0.05, 0.1) is 39.8 Å². The first-order valence-corrected chi connectivity index (χ1v) is 18.6. The second kappa shape index (κ2) is 19.2. The van der Waals surface area contributed by atoms with E-state index in [0.29, 0.717) is 25.3 Å². The number of urea groups is 1. The Balaban J connectivity index is 1.46. The van der Waals surface area contributed by atoms with Gasteiger partial charge in [-0.05, 0) is 36.3 Å². The maximum Gasteiger partial charge on any atom is 0.407 e. The van der Waals surface area contributed by atoms with Crippen molar-refractivity contribution in [2.75, 3.05) is 7.05 Å². The molecular formula is C37H48N6O5S2. The third-order valence-electron chi connectivity index (χ3n) is 8.13. The maximum absolute atomic E-state index is 13.9. The SMILES string of the molecule is CC(C)c1nc(CN(C)C(=O)N[C@H](C(=O)N[C@H](Cc2ccccc2)C[C@@H](O)[C@@H](Cc2ccccc2)NC(=O)OCc2cncs2)C(C)C)cs1. The van der Waals surface area contributed by atoms with Gasteiger partial charge >= 0.3 is 12.1 Å².